The summed E-state index contributed by atoms with van der Waals surface area (Å²) in [7, 11) is 0. The Morgan fingerprint density at radius 3 is 2.58 bits per heavy atom. The van der Waals surface area contributed by atoms with E-state index in [1.807, 2.05) is 13.0 Å². The Morgan fingerprint density at radius 1 is 1.16 bits per heavy atom. The number of nitrogens with one attached hydrogen (secondary N) is 2. The van der Waals surface area contributed by atoms with Crippen molar-refractivity contribution in [1.29, 1.82) is 0 Å². The number of carbonyl (C=O) groups is 1. The summed E-state index contributed by atoms with van der Waals surface area (Å²) in [4.78, 5) is 11.4. The molecule has 5 nitrogen and oxygen atoms in total. The van der Waals surface area contributed by atoms with E-state index in [1.165, 1.54) is 16.5 Å². The van der Waals surface area contributed by atoms with Crippen molar-refractivity contribution < 1.29 is 9.90 Å². The average molecular weight is 420 g/mol. The number of hydrogen-bond acceptors (Lipinski definition) is 3. The number of aliphatic hydroxyl groups excluding tert-OH is 1. The van der Waals surface area contributed by atoms with Gasteiger partial charge in [-0.1, -0.05) is 42.5 Å². The first-order valence-electron chi connectivity index (χ1n) is 11.3. The second-order valence-corrected chi connectivity index (χ2v) is 8.92. The molecule has 164 valence electrons. The van der Waals surface area contributed by atoms with Gasteiger partial charge in [0.15, 0.2) is 0 Å². The van der Waals surface area contributed by atoms with E-state index in [0.29, 0.717) is 6.54 Å². The van der Waals surface area contributed by atoms with Crippen LogP contribution >= 0.6 is 0 Å². The van der Waals surface area contributed by atoms with Gasteiger partial charge in [0.1, 0.15) is 0 Å². The van der Waals surface area contributed by atoms with Gasteiger partial charge in [0, 0.05) is 36.6 Å². The molecular formula is C26H33N3O2. The highest BCUT2D eigenvalue weighted by atomic mass is 16.3. The number of amides is 1. The molecule has 1 aromatic heterocycles. The zero-order valence-electron chi connectivity index (χ0n) is 18.5. The molecule has 0 saturated carbocycles. The van der Waals surface area contributed by atoms with Crippen LogP contribution in [0.2, 0.25) is 0 Å². The summed E-state index contributed by atoms with van der Waals surface area (Å²) < 4.78 is 2.44. The highest BCUT2D eigenvalue weighted by Gasteiger charge is 2.38. The van der Waals surface area contributed by atoms with Gasteiger partial charge in [0.05, 0.1) is 6.10 Å². The van der Waals surface area contributed by atoms with Crippen molar-refractivity contribution in [2.45, 2.75) is 57.2 Å². The Kier molecular flexibility index (Phi) is 6.44. The Labute approximate surface area is 184 Å². The SMILES string of the molecule is CC(=O)NCc1ccc2ccn(C3(CC(c4ccccc4)C(C)O)CCNCC3)c2c1. The normalized spacial score (nSPS) is 17.9. The van der Waals surface area contributed by atoms with Crippen LogP contribution in [0.3, 0.4) is 0 Å². The Bertz CT molecular complexity index is 1020. The maximum absolute atomic E-state index is 11.4. The molecule has 0 bridgehead atoms. The fourth-order valence-electron chi connectivity index (χ4n) is 5.04. The Morgan fingerprint density at radius 2 is 1.90 bits per heavy atom. The molecule has 3 N–H and O–H groups in total. The first-order valence-corrected chi connectivity index (χ1v) is 11.3. The van der Waals surface area contributed by atoms with Gasteiger partial charge in [-0.3, -0.25) is 4.79 Å². The van der Waals surface area contributed by atoms with Crippen LogP contribution in [0.4, 0.5) is 0 Å². The molecule has 1 aliphatic heterocycles. The van der Waals surface area contributed by atoms with Crippen molar-refractivity contribution >= 4 is 16.8 Å². The fraction of sp³-hybridized carbons (Fsp3) is 0.423. The molecule has 4 rings (SSSR count). The lowest BCUT2D eigenvalue weighted by molar-refractivity contribution is -0.119. The molecular weight excluding hydrogens is 386 g/mol. The summed E-state index contributed by atoms with van der Waals surface area (Å²) in [5, 5.41) is 18.3. The predicted molar refractivity (Wildman–Crippen MR) is 125 cm³/mol. The molecule has 1 saturated heterocycles. The average Bonchev–Trinajstić information content (AvgIpc) is 3.21. The summed E-state index contributed by atoms with van der Waals surface area (Å²) >= 11 is 0. The summed E-state index contributed by atoms with van der Waals surface area (Å²) in [6.07, 6.45) is 4.70. The van der Waals surface area contributed by atoms with Gasteiger partial charge in [0.2, 0.25) is 5.91 Å². The number of aliphatic hydroxyl groups is 1. The van der Waals surface area contributed by atoms with Gasteiger partial charge in [-0.25, -0.2) is 0 Å². The summed E-state index contributed by atoms with van der Waals surface area (Å²) in [6, 6.07) is 19.0. The van der Waals surface area contributed by atoms with E-state index in [2.05, 4.69) is 69.9 Å². The maximum Gasteiger partial charge on any atom is 0.217 e. The smallest absolute Gasteiger partial charge is 0.217 e. The van der Waals surface area contributed by atoms with E-state index >= 15 is 0 Å². The van der Waals surface area contributed by atoms with Crippen molar-refractivity contribution in [3.63, 3.8) is 0 Å². The van der Waals surface area contributed by atoms with Crippen LogP contribution < -0.4 is 10.6 Å². The molecule has 0 spiro atoms. The lowest BCUT2D eigenvalue weighted by Gasteiger charge is -2.43. The van der Waals surface area contributed by atoms with Crippen molar-refractivity contribution in [1.82, 2.24) is 15.2 Å². The van der Waals surface area contributed by atoms with Crippen LogP contribution in [0.1, 0.15) is 50.2 Å². The standard InChI is InChI=1S/C26H33N3O2/c1-19(30)24(22-6-4-3-5-7-22)17-26(11-13-27-14-12-26)29-15-10-23-9-8-21(16-25(23)29)18-28-20(2)31/h3-10,15-16,19,24,27,30H,11-14,17-18H2,1-2H3,(H,28,31). The van der Waals surface area contributed by atoms with Crippen molar-refractivity contribution in [3.8, 4) is 0 Å². The molecule has 31 heavy (non-hydrogen) atoms. The Balaban J connectivity index is 1.74. The highest BCUT2D eigenvalue weighted by molar-refractivity contribution is 5.81. The zero-order chi connectivity index (χ0) is 21.8. The first kappa shape index (κ1) is 21.6. The van der Waals surface area contributed by atoms with Crippen LogP contribution in [-0.4, -0.2) is 34.8 Å². The maximum atomic E-state index is 11.4. The molecule has 5 heteroatoms. The van der Waals surface area contributed by atoms with E-state index in [1.54, 1.807) is 6.92 Å². The second-order valence-electron chi connectivity index (χ2n) is 8.92. The molecule has 0 radical (unpaired) electrons. The van der Waals surface area contributed by atoms with Crippen LogP contribution in [0.15, 0.2) is 60.8 Å². The van der Waals surface area contributed by atoms with Crippen molar-refractivity contribution in [2.75, 3.05) is 13.1 Å². The quantitative estimate of drug-likeness (QED) is 0.544. The number of aromatic nitrogens is 1. The third-order valence-corrected chi connectivity index (χ3v) is 6.75. The molecule has 1 amide bonds. The topological polar surface area (TPSA) is 66.3 Å². The third kappa shape index (κ3) is 4.68. The number of fused-ring (bicyclic) bond motifs is 1. The van der Waals surface area contributed by atoms with Crippen LogP contribution in [0.25, 0.3) is 10.9 Å². The first-order chi connectivity index (χ1) is 15.0. The zero-order valence-corrected chi connectivity index (χ0v) is 18.5. The third-order valence-electron chi connectivity index (χ3n) is 6.75. The van der Waals surface area contributed by atoms with E-state index in [0.717, 1.165) is 37.9 Å². The van der Waals surface area contributed by atoms with Crippen molar-refractivity contribution in [3.05, 3.63) is 71.9 Å². The summed E-state index contributed by atoms with van der Waals surface area (Å²) in [5.41, 5.74) is 3.42. The van der Waals surface area contributed by atoms with Gasteiger partial charge in [-0.2, -0.15) is 0 Å². The van der Waals surface area contributed by atoms with Crippen molar-refractivity contribution in [2.24, 2.45) is 0 Å². The number of rotatable bonds is 7. The van der Waals surface area contributed by atoms with E-state index in [9.17, 15) is 9.90 Å². The minimum Gasteiger partial charge on any atom is -0.393 e. The molecule has 2 unspecified atom stereocenters. The van der Waals surface area contributed by atoms with E-state index < -0.39 is 6.10 Å². The van der Waals surface area contributed by atoms with Crippen LogP contribution in [-0.2, 0) is 16.9 Å². The molecule has 2 aromatic carbocycles. The van der Waals surface area contributed by atoms with Crippen LogP contribution in [0.5, 0.6) is 0 Å². The van der Waals surface area contributed by atoms with Gasteiger partial charge >= 0.3 is 0 Å². The van der Waals surface area contributed by atoms with E-state index in [-0.39, 0.29) is 17.4 Å². The lowest BCUT2D eigenvalue weighted by atomic mass is 9.76. The van der Waals surface area contributed by atoms with Gasteiger partial charge in [0.25, 0.3) is 0 Å². The molecule has 1 aliphatic rings. The predicted octanol–water partition coefficient (Wildman–Crippen LogP) is 3.91. The second kappa shape index (κ2) is 9.25. The molecule has 3 aromatic rings. The molecule has 2 atom stereocenters. The van der Waals surface area contributed by atoms with E-state index in [4.69, 9.17) is 0 Å². The molecule has 2 heterocycles. The van der Waals surface area contributed by atoms with Gasteiger partial charge in [-0.15, -0.1) is 0 Å². The molecule has 0 aliphatic carbocycles. The number of piperidine rings is 1. The minimum atomic E-state index is -0.425. The number of carbonyl (C=O) groups excluding carboxylic acids is 1. The van der Waals surface area contributed by atoms with Crippen LogP contribution in [0, 0.1) is 0 Å². The lowest BCUT2D eigenvalue weighted by Crippen LogP contribution is -2.45. The monoisotopic (exact) mass is 419 g/mol. The fourth-order valence-corrected chi connectivity index (χ4v) is 5.04. The number of hydrogen-bond donors (Lipinski definition) is 3. The highest BCUT2D eigenvalue weighted by Crippen LogP contribution is 2.41. The summed E-state index contributed by atoms with van der Waals surface area (Å²) in [5.74, 6) is 0.0484. The summed E-state index contributed by atoms with van der Waals surface area (Å²) in [6.45, 7) is 5.92. The number of benzene rings is 2. The number of nitrogens with zero attached hydrogens (tertiary/aromatic N) is 1. The van der Waals surface area contributed by atoms with Gasteiger partial charge in [-0.05, 0) is 67.9 Å². The minimum absolute atomic E-state index is 0.0204. The largest absolute Gasteiger partial charge is 0.393 e. The Hall–Kier alpha value is -2.63. The van der Waals surface area contributed by atoms with Gasteiger partial charge < -0.3 is 20.3 Å². The molecule has 1 fully saturated rings.